The van der Waals surface area contributed by atoms with E-state index in [9.17, 15) is 0 Å². The summed E-state index contributed by atoms with van der Waals surface area (Å²) in [5.74, 6) is 2.96. The van der Waals surface area contributed by atoms with E-state index in [0.29, 0.717) is 0 Å². The van der Waals surface area contributed by atoms with Gasteiger partial charge in [0.15, 0.2) is 0 Å². The molecule has 4 unspecified atom stereocenters. The van der Waals surface area contributed by atoms with Crippen LogP contribution in [0.25, 0.3) is 0 Å². The summed E-state index contributed by atoms with van der Waals surface area (Å²) in [6.07, 6.45) is 11.3. The minimum Gasteiger partial charge on any atom is -0.0811 e. The summed E-state index contributed by atoms with van der Waals surface area (Å²) in [7, 11) is 0. The van der Waals surface area contributed by atoms with Crippen molar-refractivity contribution in [3.05, 3.63) is 23.8 Å². The highest BCUT2D eigenvalue weighted by atomic mass is 14.7. The Labute approximate surface area is 80.7 Å². The van der Waals surface area contributed by atoms with E-state index >= 15 is 0 Å². The maximum atomic E-state index is 2.48. The van der Waals surface area contributed by atoms with Crippen LogP contribution in [0.5, 0.6) is 0 Å². The van der Waals surface area contributed by atoms with E-state index in [4.69, 9.17) is 0 Å². The van der Waals surface area contributed by atoms with E-state index in [1.807, 2.05) is 0 Å². The molecule has 3 aliphatic carbocycles. The molecule has 0 bridgehead atoms. The number of fused-ring (bicyclic) bond motifs is 1. The third kappa shape index (κ3) is 1.11. The van der Waals surface area contributed by atoms with Gasteiger partial charge in [-0.15, -0.1) is 0 Å². The lowest BCUT2D eigenvalue weighted by Gasteiger charge is -2.10. The van der Waals surface area contributed by atoms with Crippen molar-refractivity contribution in [2.45, 2.75) is 33.1 Å². The van der Waals surface area contributed by atoms with Crippen molar-refractivity contribution in [2.24, 2.45) is 23.2 Å². The lowest BCUT2D eigenvalue weighted by atomic mass is 9.95. The number of allylic oxidation sites excluding steroid dienone is 4. The first kappa shape index (κ1) is 7.84. The van der Waals surface area contributed by atoms with Crippen molar-refractivity contribution >= 4 is 0 Å². The average molecular weight is 174 g/mol. The summed E-state index contributed by atoms with van der Waals surface area (Å²) in [5.41, 5.74) is 2.28. The quantitative estimate of drug-likeness (QED) is 0.600. The second-order valence-corrected chi connectivity index (χ2v) is 5.44. The molecule has 3 aliphatic rings. The van der Waals surface area contributed by atoms with Gasteiger partial charge in [0, 0.05) is 0 Å². The van der Waals surface area contributed by atoms with Crippen molar-refractivity contribution in [2.75, 3.05) is 0 Å². The summed E-state index contributed by atoms with van der Waals surface area (Å²) >= 11 is 0. The van der Waals surface area contributed by atoms with Crippen LogP contribution in [0.3, 0.4) is 0 Å². The number of hydrogen-bond acceptors (Lipinski definition) is 0. The van der Waals surface area contributed by atoms with Gasteiger partial charge in [-0.2, -0.15) is 0 Å². The Morgan fingerprint density at radius 1 is 1.54 bits per heavy atom. The lowest BCUT2D eigenvalue weighted by Crippen LogP contribution is -2.00. The second-order valence-electron chi connectivity index (χ2n) is 5.44. The average Bonchev–Trinajstić information content (AvgIpc) is 2.96. The van der Waals surface area contributed by atoms with Crippen molar-refractivity contribution in [3.63, 3.8) is 0 Å². The molecule has 0 N–H and O–H groups in total. The van der Waals surface area contributed by atoms with Gasteiger partial charge >= 0.3 is 0 Å². The van der Waals surface area contributed by atoms with Gasteiger partial charge in [-0.3, -0.25) is 0 Å². The summed E-state index contributed by atoms with van der Waals surface area (Å²) in [6.45, 7) is 4.90. The minimum absolute atomic E-state index is 0.729. The Morgan fingerprint density at radius 3 is 2.85 bits per heavy atom. The molecule has 0 aliphatic heterocycles. The van der Waals surface area contributed by atoms with E-state index in [1.165, 1.54) is 19.3 Å². The zero-order valence-electron chi connectivity index (χ0n) is 8.59. The Bertz CT molecular complexity index is 297. The molecule has 4 atom stereocenters. The first-order valence-corrected chi connectivity index (χ1v) is 5.57. The highest BCUT2D eigenvalue weighted by molar-refractivity contribution is 5.34. The van der Waals surface area contributed by atoms with E-state index in [2.05, 4.69) is 32.1 Å². The maximum absolute atomic E-state index is 2.48. The third-order valence-electron chi connectivity index (χ3n) is 4.66. The molecular formula is C13H18. The summed E-state index contributed by atoms with van der Waals surface area (Å²) in [6, 6.07) is 0. The Hall–Kier alpha value is -0.520. The molecule has 3 rings (SSSR count). The standard InChI is InChI=1S/C13H18/c1-9-12-7-11(8-13(9,12)2)6-5-10-3-4-10/h3,5-6,9,11-12H,4,7-8H2,1-2H3/b6-5+. The van der Waals surface area contributed by atoms with E-state index in [0.717, 1.165) is 23.2 Å². The molecule has 0 saturated heterocycles. The lowest BCUT2D eigenvalue weighted by molar-refractivity contribution is 0.445. The molecule has 0 amide bonds. The monoisotopic (exact) mass is 174 g/mol. The molecule has 0 nitrogen and oxygen atoms in total. The Kier molecular flexibility index (Phi) is 1.38. The van der Waals surface area contributed by atoms with Gasteiger partial charge in [-0.05, 0) is 48.0 Å². The normalized spacial score (nSPS) is 52.2. The minimum atomic E-state index is 0.729. The molecule has 0 heterocycles. The SMILES string of the molecule is CC1C2CC(/C=C/C3=CC3)CC12C. The smallest absolute Gasteiger partial charge is 0.00947 e. The van der Waals surface area contributed by atoms with Crippen molar-refractivity contribution in [1.82, 2.24) is 0 Å². The van der Waals surface area contributed by atoms with Crippen molar-refractivity contribution in [3.8, 4) is 0 Å². The molecule has 0 spiro atoms. The van der Waals surface area contributed by atoms with Gasteiger partial charge in [0.2, 0.25) is 0 Å². The second kappa shape index (κ2) is 2.29. The first-order valence-electron chi connectivity index (χ1n) is 5.57. The van der Waals surface area contributed by atoms with Gasteiger partial charge in [-0.1, -0.05) is 32.1 Å². The largest absolute Gasteiger partial charge is 0.0811 e. The number of rotatable bonds is 2. The van der Waals surface area contributed by atoms with Crippen molar-refractivity contribution in [1.29, 1.82) is 0 Å². The molecule has 70 valence electrons. The fraction of sp³-hybridized carbons (Fsp3) is 0.692. The molecule has 2 saturated carbocycles. The van der Waals surface area contributed by atoms with Gasteiger partial charge in [0.25, 0.3) is 0 Å². The molecular weight excluding hydrogens is 156 g/mol. The summed E-state index contributed by atoms with van der Waals surface area (Å²) in [4.78, 5) is 0. The van der Waals surface area contributed by atoms with Crippen LogP contribution in [-0.2, 0) is 0 Å². The van der Waals surface area contributed by atoms with E-state index < -0.39 is 0 Å². The highest BCUT2D eigenvalue weighted by Crippen LogP contribution is 2.69. The molecule has 0 aromatic carbocycles. The predicted molar refractivity (Wildman–Crippen MR) is 55.3 cm³/mol. The number of hydrogen-bond donors (Lipinski definition) is 0. The highest BCUT2D eigenvalue weighted by Gasteiger charge is 2.62. The zero-order chi connectivity index (χ0) is 9.05. The summed E-state index contributed by atoms with van der Waals surface area (Å²) < 4.78 is 0. The zero-order valence-corrected chi connectivity index (χ0v) is 8.59. The maximum Gasteiger partial charge on any atom is -0.00947 e. The van der Waals surface area contributed by atoms with Gasteiger partial charge in [0.1, 0.15) is 0 Å². The van der Waals surface area contributed by atoms with Crippen LogP contribution in [0.4, 0.5) is 0 Å². The van der Waals surface area contributed by atoms with E-state index in [1.54, 1.807) is 5.57 Å². The van der Waals surface area contributed by atoms with Gasteiger partial charge in [-0.25, -0.2) is 0 Å². The van der Waals surface area contributed by atoms with Crippen LogP contribution in [0, 0.1) is 23.2 Å². The van der Waals surface area contributed by atoms with Gasteiger partial charge < -0.3 is 0 Å². The van der Waals surface area contributed by atoms with Crippen LogP contribution in [0.1, 0.15) is 33.1 Å². The fourth-order valence-electron chi connectivity index (χ4n) is 3.30. The topological polar surface area (TPSA) is 0 Å². The van der Waals surface area contributed by atoms with Crippen LogP contribution in [0.2, 0.25) is 0 Å². The molecule has 0 aromatic rings. The molecule has 0 aromatic heterocycles. The van der Waals surface area contributed by atoms with Crippen LogP contribution < -0.4 is 0 Å². The first-order chi connectivity index (χ1) is 6.20. The third-order valence-corrected chi connectivity index (χ3v) is 4.66. The molecule has 0 heteroatoms. The van der Waals surface area contributed by atoms with Gasteiger partial charge in [0.05, 0.1) is 0 Å². The fourth-order valence-corrected chi connectivity index (χ4v) is 3.30. The van der Waals surface area contributed by atoms with E-state index in [-0.39, 0.29) is 0 Å². The molecule has 2 fully saturated rings. The Balaban J connectivity index is 1.62. The Morgan fingerprint density at radius 2 is 2.31 bits per heavy atom. The summed E-state index contributed by atoms with van der Waals surface area (Å²) in [5, 5.41) is 0. The molecule has 0 radical (unpaired) electrons. The van der Waals surface area contributed by atoms with Crippen molar-refractivity contribution < 1.29 is 0 Å². The van der Waals surface area contributed by atoms with Crippen LogP contribution >= 0.6 is 0 Å². The molecule has 13 heavy (non-hydrogen) atoms. The van der Waals surface area contributed by atoms with Crippen LogP contribution in [-0.4, -0.2) is 0 Å². The predicted octanol–water partition coefficient (Wildman–Crippen LogP) is 3.55. The van der Waals surface area contributed by atoms with Crippen LogP contribution in [0.15, 0.2) is 23.8 Å².